The van der Waals surface area contributed by atoms with E-state index in [2.05, 4.69) is 5.92 Å². The van der Waals surface area contributed by atoms with Gasteiger partial charge in [-0.2, -0.15) is 0 Å². The van der Waals surface area contributed by atoms with Gasteiger partial charge in [-0.05, 0) is 24.3 Å². The SMILES string of the molecule is C#CCOc1cc(-c2c(Cl)n3n(c2=O)CCOCC3)c(F)cc1Cl.O=c1c(-c2cc(O)c(Cl)cc2F)c(Cl)n2n1CCOCC2. The molecule has 2 aliphatic heterocycles. The van der Waals surface area contributed by atoms with Crippen LogP contribution in [0.5, 0.6) is 11.5 Å². The van der Waals surface area contributed by atoms with Crippen molar-refractivity contribution in [3.8, 4) is 46.1 Å². The Kier molecular flexibility index (Phi) is 10.2. The van der Waals surface area contributed by atoms with E-state index in [1.807, 2.05) is 0 Å². The monoisotopic (exact) mass is 702 g/mol. The fraction of sp³-hybridized carbons (Fsp3) is 0.310. The van der Waals surface area contributed by atoms with Crippen LogP contribution in [0.4, 0.5) is 8.78 Å². The van der Waals surface area contributed by atoms with Gasteiger partial charge in [0.05, 0.1) is 73.8 Å². The van der Waals surface area contributed by atoms with Crippen molar-refractivity contribution in [2.75, 3.05) is 33.0 Å². The predicted molar refractivity (Wildman–Crippen MR) is 166 cm³/mol. The van der Waals surface area contributed by atoms with Crippen LogP contribution in [0.2, 0.25) is 20.4 Å². The topological polar surface area (TPSA) is 102 Å². The Labute approximate surface area is 274 Å². The molecule has 2 aromatic heterocycles. The van der Waals surface area contributed by atoms with Gasteiger partial charge in [0, 0.05) is 11.1 Å². The van der Waals surface area contributed by atoms with Crippen molar-refractivity contribution in [1.82, 2.24) is 18.7 Å². The number of aromatic hydroxyl groups is 1. The summed E-state index contributed by atoms with van der Waals surface area (Å²) in [5, 5.41) is 9.85. The molecular formula is C29H24Cl4F2N4O6. The minimum absolute atomic E-state index is 0.0167. The number of halogens is 6. The molecule has 4 heterocycles. The number of nitrogens with zero attached hydrogens (tertiary/aromatic N) is 4. The third-order valence-corrected chi connectivity index (χ3v) is 8.41. The number of ether oxygens (including phenoxy) is 3. The zero-order valence-electron chi connectivity index (χ0n) is 23.3. The summed E-state index contributed by atoms with van der Waals surface area (Å²) < 4.78 is 50.4. The van der Waals surface area contributed by atoms with Gasteiger partial charge in [0.15, 0.2) is 0 Å². The summed E-state index contributed by atoms with van der Waals surface area (Å²) in [6, 6.07) is 4.49. The normalized spacial score (nSPS) is 14.3. The molecule has 0 saturated carbocycles. The molecule has 0 spiro atoms. The zero-order chi connectivity index (χ0) is 32.4. The van der Waals surface area contributed by atoms with E-state index in [4.69, 9.17) is 67.0 Å². The first kappa shape index (κ1) is 32.9. The van der Waals surface area contributed by atoms with Crippen molar-refractivity contribution in [1.29, 1.82) is 0 Å². The summed E-state index contributed by atoms with van der Waals surface area (Å²) in [5.41, 5.74) is -0.779. The van der Waals surface area contributed by atoms with Gasteiger partial charge in [0.25, 0.3) is 11.1 Å². The summed E-state index contributed by atoms with van der Waals surface area (Å²) in [7, 11) is 0. The third kappa shape index (κ3) is 6.47. The lowest BCUT2D eigenvalue weighted by atomic mass is 10.1. The Morgan fingerprint density at radius 1 is 0.756 bits per heavy atom. The number of fused-ring (bicyclic) bond motifs is 2. The summed E-state index contributed by atoms with van der Waals surface area (Å²) in [6.45, 7) is 3.07. The van der Waals surface area contributed by atoms with Crippen molar-refractivity contribution in [2.45, 2.75) is 26.2 Å². The highest BCUT2D eigenvalue weighted by atomic mass is 35.5. The van der Waals surface area contributed by atoms with Crippen LogP contribution in [0.15, 0.2) is 33.9 Å². The lowest BCUT2D eigenvalue weighted by Crippen LogP contribution is -2.23. The van der Waals surface area contributed by atoms with Gasteiger partial charge in [-0.1, -0.05) is 52.3 Å². The van der Waals surface area contributed by atoms with Gasteiger partial charge in [-0.3, -0.25) is 19.0 Å². The highest BCUT2D eigenvalue weighted by Gasteiger charge is 2.26. The van der Waals surface area contributed by atoms with Gasteiger partial charge in [-0.15, -0.1) is 6.42 Å². The highest BCUT2D eigenvalue weighted by molar-refractivity contribution is 6.34. The Bertz CT molecular complexity index is 1930. The molecule has 2 aliphatic rings. The summed E-state index contributed by atoms with van der Waals surface area (Å²) in [6.07, 6.45) is 5.15. The zero-order valence-corrected chi connectivity index (χ0v) is 26.3. The summed E-state index contributed by atoms with van der Waals surface area (Å²) in [4.78, 5) is 25.1. The van der Waals surface area contributed by atoms with E-state index in [0.29, 0.717) is 52.6 Å². The van der Waals surface area contributed by atoms with Crippen LogP contribution in [-0.2, 0) is 35.7 Å². The lowest BCUT2D eigenvalue weighted by molar-refractivity contribution is 0.137. The number of terminal acetylenes is 1. The molecule has 0 atom stereocenters. The van der Waals surface area contributed by atoms with Crippen LogP contribution in [0, 0.1) is 24.0 Å². The number of hydrogen-bond donors (Lipinski definition) is 1. The molecule has 0 aliphatic carbocycles. The van der Waals surface area contributed by atoms with Gasteiger partial charge in [0.1, 0.15) is 40.0 Å². The molecule has 0 radical (unpaired) electrons. The quantitative estimate of drug-likeness (QED) is 0.290. The van der Waals surface area contributed by atoms with Crippen molar-refractivity contribution < 1.29 is 28.1 Å². The van der Waals surface area contributed by atoms with Crippen molar-refractivity contribution in [2.24, 2.45) is 0 Å². The molecule has 45 heavy (non-hydrogen) atoms. The number of rotatable bonds is 4. The Balaban J connectivity index is 0.000000179. The number of benzene rings is 2. The molecular weight excluding hydrogens is 680 g/mol. The van der Waals surface area contributed by atoms with Crippen molar-refractivity contribution in [3.63, 3.8) is 0 Å². The molecule has 238 valence electrons. The van der Waals surface area contributed by atoms with E-state index in [-0.39, 0.29) is 60.7 Å². The molecule has 1 N–H and O–H groups in total. The molecule has 10 nitrogen and oxygen atoms in total. The highest BCUT2D eigenvalue weighted by Crippen LogP contribution is 2.36. The summed E-state index contributed by atoms with van der Waals surface area (Å²) >= 11 is 24.2. The molecule has 0 saturated heterocycles. The van der Waals surface area contributed by atoms with Crippen LogP contribution in [0.3, 0.4) is 0 Å². The van der Waals surface area contributed by atoms with E-state index < -0.39 is 22.8 Å². The standard InChI is InChI=1S/C16H13Cl2FN2O3.C13H11Cl2FN2O3/c1-2-5-24-13-8-10(12(19)9-11(13)17)14-15(18)20-3-6-23-7-4-21(20)16(14)22;14-8-6-9(16)7(5-10(8)19)11-12(15)17-1-3-21-4-2-18(17)13(11)20/h1,8-9H,3-7H2;5-6,19H,1-4H2. The maximum absolute atomic E-state index is 14.4. The second-order valence-electron chi connectivity index (χ2n) is 9.70. The number of phenols is 1. The number of phenolic OH excluding ortho intramolecular Hbond substituents is 1. The second-order valence-corrected chi connectivity index (χ2v) is 11.2. The Morgan fingerprint density at radius 3 is 1.69 bits per heavy atom. The average Bonchev–Trinajstić information content (AvgIpc) is 3.24. The molecule has 0 fully saturated rings. The number of aromatic nitrogens is 4. The third-order valence-electron chi connectivity index (χ3n) is 7.04. The van der Waals surface area contributed by atoms with Crippen molar-refractivity contribution >= 4 is 46.4 Å². The van der Waals surface area contributed by atoms with E-state index in [1.54, 1.807) is 9.36 Å². The van der Waals surface area contributed by atoms with Crippen LogP contribution < -0.4 is 15.9 Å². The molecule has 0 unspecified atom stereocenters. The number of hydrogen-bond acceptors (Lipinski definition) is 6. The minimum atomic E-state index is -0.714. The first-order valence-corrected chi connectivity index (χ1v) is 14.9. The second kappa shape index (κ2) is 13.9. The smallest absolute Gasteiger partial charge is 0.276 e. The maximum atomic E-state index is 14.4. The average molecular weight is 704 g/mol. The molecule has 0 bridgehead atoms. The van der Waals surface area contributed by atoms with Crippen LogP contribution in [0.1, 0.15) is 0 Å². The van der Waals surface area contributed by atoms with E-state index in [1.165, 1.54) is 15.4 Å². The molecule has 2 aromatic carbocycles. The maximum Gasteiger partial charge on any atom is 0.276 e. The largest absolute Gasteiger partial charge is 0.506 e. The minimum Gasteiger partial charge on any atom is -0.506 e. The molecule has 4 aromatic rings. The van der Waals surface area contributed by atoms with Crippen LogP contribution in [-0.4, -0.2) is 56.9 Å². The molecule has 0 amide bonds. The van der Waals surface area contributed by atoms with E-state index in [9.17, 15) is 23.5 Å². The van der Waals surface area contributed by atoms with Gasteiger partial charge < -0.3 is 19.3 Å². The molecule has 6 rings (SSSR count). The fourth-order valence-electron chi connectivity index (χ4n) is 4.95. The molecule has 16 heteroatoms. The summed E-state index contributed by atoms with van der Waals surface area (Å²) in [5.74, 6) is 0.810. The lowest BCUT2D eigenvalue weighted by Gasteiger charge is -2.09. The Morgan fingerprint density at radius 2 is 1.20 bits per heavy atom. The predicted octanol–water partition coefficient (Wildman–Crippen LogP) is 5.30. The van der Waals surface area contributed by atoms with Gasteiger partial charge in [-0.25, -0.2) is 18.1 Å². The Hall–Kier alpha value is -3.44. The van der Waals surface area contributed by atoms with Crippen molar-refractivity contribution in [3.05, 3.63) is 77.0 Å². The first-order chi connectivity index (χ1) is 21.5. The van der Waals surface area contributed by atoms with Gasteiger partial charge in [0.2, 0.25) is 0 Å². The first-order valence-electron chi connectivity index (χ1n) is 13.4. The van der Waals surface area contributed by atoms with Crippen LogP contribution >= 0.6 is 46.4 Å². The van der Waals surface area contributed by atoms with E-state index >= 15 is 0 Å². The van der Waals surface area contributed by atoms with Crippen LogP contribution in [0.25, 0.3) is 22.3 Å². The fourth-order valence-corrected chi connectivity index (χ4v) is 6.02. The van der Waals surface area contributed by atoms with Gasteiger partial charge >= 0.3 is 0 Å². The van der Waals surface area contributed by atoms with E-state index in [0.717, 1.165) is 18.2 Å².